The summed E-state index contributed by atoms with van der Waals surface area (Å²) in [6.45, 7) is 0. The van der Waals surface area contributed by atoms with Crippen molar-refractivity contribution in [3.8, 4) is 0 Å². The summed E-state index contributed by atoms with van der Waals surface area (Å²) in [5.41, 5.74) is 1.92. The lowest BCUT2D eigenvalue weighted by molar-refractivity contribution is 0.0697. The SMILES string of the molecule is O=C(O)c1ccc(N=S2CC=C(c3ccc(Cl)cc3)O2)cc1. The monoisotopic (exact) mass is 333 g/mol. The topological polar surface area (TPSA) is 58.9 Å². The van der Waals surface area contributed by atoms with Crippen LogP contribution in [0.4, 0.5) is 5.69 Å². The second-order valence-corrected chi connectivity index (χ2v) is 6.35. The lowest BCUT2D eigenvalue weighted by Crippen LogP contribution is -1.94. The standard InChI is InChI=1S/C16H12ClNO3S/c17-13-5-1-11(2-6-13)15-9-10-22(21-15)18-14-7-3-12(4-8-14)16(19)20/h1-9H,10H2,(H,19,20). The third-order valence-corrected chi connectivity index (χ3v) is 4.54. The Balaban J connectivity index is 1.73. The number of carboxylic acid groups (broad SMARTS) is 1. The molecule has 3 rings (SSSR count). The van der Waals surface area contributed by atoms with Crippen LogP contribution in [0.1, 0.15) is 15.9 Å². The van der Waals surface area contributed by atoms with Crippen LogP contribution in [0.3, 0.4) is 0 Å². The Morgan fingerprint density at radius 1 is 1.14 bits per heavy atom. The molecule has 0 fully saturated rings. The molecule has 0 aromatic heterocycles. The predicted molar refractivity (Wildman–Crippen MR) is 88.2 cm³/mol. The minimum Gasteiger partial charge on any atom is -0.478 e. The predicted octanol–water partition coefficient (Wildman–Crippen LogP) is 4.46. The molecule has 1 unspecified atom stereocenters. The average Bonchev–Trinajstić information content (AvgIpc) is 2.97. The van der Waals surface area contributed by atoms with Gasteiger partial charge in [0.2, 0.25) is 0 Å². The van der Waals surface area contributed by atoms with Crippen molar-refractivity contribution in [2.75, 3.05) is 5.75 Å². The summed E-state index contributed by atoms with van der Waals surface area (Å²) in [6, 6.07) is 13.9. The fourth-order valence-corrected chi connectivity index (χ4v) is 3.27. The first-order valence-corrected chi connectivity index (χ1v) is 8.18. The third kappa shape index (κ3) is 3.37. The highest BCUT2D eigenvalue weighted by molar-refractivity contribution is 7.83. The summed E-state index contributed by atoms with van der Waals surface area (Å²) >= 11 is 5.87. The number of aromatic carboxylic acids is 1. The van der Waals surface area contributed by atoms with E-state index in [1.54, 1.807) is 12.1 Å². The molecule has 1 aliphatic heterocycles. The van der Waals surface area contributed by atoms with Gasteiger partial charge < -0.3 is 9.29 Å². The number of carbonyl (C=O) groups is 1. The van der Waals surface area contributed by atoms with Gasteiger partial charge in [0.25, 0.3) is 0 Å². The normalized spacial score (nSPS) is 17.1. The van der Waals surface area contributed by atoms with Crippen molar-refractivity contribution in [3.05, 3.63) is 70.8 Å². The van der Waals surface area contributed by atoms with Gasteiger partial charge in [-0.15, -0.1) is 0 Å². The Hall–Kier alpha value is -2.11. The molecule has 0 amide bonds. The summed E-state index contributed by atoms with van der Waals surface area (Å²) in [4.78, 5) is 10.8. The first-order valence-electron chi connectivity index (χ1n) is 6.52. The second-order valence-electron chi connectivity index (χ2n) is 4.59. The van der Waals surface area contributed by atoms with Crippen molar-refractivity contribution in [1.29, 1.82) is 0 Å². The molecule has 2 aromatic rings. The zero-order valence-corrected chi connectivity index (χ0v) is 13.0. The molecule has 0 spiro atoms. The molecular weight excluding hydrogens is 322 g/mol. The molecule has 1 heterocycles. The van der Waals surface area contributed by atoms with Gasteiger partial charge in [-0.2, -0.15) is 4.36 Å². The van der Waals surface area contributed by atoms with Crippen LogP contribution in [-0.2, 0) is 15.2 Å². The highest BCUT2D eigenvalue weighted by Gasteiger charge is 2.14. The van der Waals surface area contributed by atoms with E-state index in [1.807, 2.05) is 30.3 Å². The first kappa shape index (κ1) is 14.8. The maximum Gasteiger partial charge on any atom is 0.335 e. The molecule has 112 valence electrons. The zero-order valence-electron chi connectivity index (χ0n) is 11.4. The summed E-state index contributed by atoms with van der Waals surface area (Å²) in [6.07, 6.45) is 2.00. The number of hydrogen-bond acceptors (Lipinski definition) is 3. The highest BCUT2D eigenvalue weighted by Crippen LogP contribution is 2.26. The molecule has 1 aliphatic rings. The van der Waals surface area contributed by atoms with Gasteiger partial charge in [0.15, 0.2) is 0 Å². The van der Waals surface area contributed by atoms with E-state index in [9.17, 15) is 4.79 Å². The summed E-state index contributed by atoms with van der Waals surface area (Å²) in [5.74, 6) is 0.558. The van der Waals surface area contributed by atoms with Crippen molar-refractivity contribution < 1.29 is 14.1 Å². The summed E-state index contributed by atoms with van der Waals surface area (Å²) in [5, 5.41) is 9.55. The molecule has 0 saturated carbocycles. The van der Waals surface area contributed by atoms with E-state index in [4.69, 9.17) is 20.9 Å². The first-order chi connectivity index (χ1) is 10.6. The van der Waals surface area contributed by atoms with Crippen molar-refractivity contribution in [2.45, 2.75) is 0 Å². The van der Waals surface area contributed by atoms with E-state index in [-0.39, 0.29) is 5.56 Å². The van der Waals surface area contributed by atoms with Gasteiger partial charge in [0.05, 0.1) is 28.0 Å². The molecule has 22 heavy (non-hydrogen) atoms. The van der Waals surface area contributed by atoms with Crippen molar-refractivity contribution in [3.63, 3.8) is 0 Å². The van der Waals surface area contributed by atoms with Crippen LogP contribution < -0.4 is 0 Å². The fourth-order valence-electron chi connectivity index (χ4n) is 1.94. The van der Waals surface area contributed by atoms with Crippen LogP contribution in [-0.4, -0.2) is 16.8 Å². The Kier molecular flexibility index (Phi) is 4.27. The van der Waals surface area contributed by atoms with Gasteiger partial charge in [-0.1, -0.05) is 11.6 Å². The van der Waals surface area contributed by atoms with Crippen LogP contribution >= 0.6 is 11.6 Å². The highest BCUT2D eigenvalue weighted by atomic mass is 35.5. The van der Waals surface area contributed by atoms with Crippen molar-refractivity contribution in [1.82, 2.24) is 0 Å². The van der Waals surface area contributed by atoms with Gasteiger partial charge in [0.1, 0.15) is 5.76 Å². The molecule has 0 radical (unpaired) electrons. The van der Waals surface area contributed by atoms with Crippen LogP contribution in [0.5, 0.6) is 0 Å². The van der Waals surface area contributed by atoms with Crippen LogP contribution in [0.2, 0.25) is 5.02 Å². The molecule has 0 saturated heterocycles. The molecular formula is C16H12ClNO3S. The van der Waals surface area contributed by atoms with E-state index in [0.29, 0.717) is 16.5 Å². The minimum absolute atomic E-state index is 0.245. The number of halogens is 1. The molecule has 0 aliphatic carbocycles. The number of rotatable bonds is 3. The van der Waals surface area contributed by atoms with Gasteiger partial charge in [-0.05, 0) is 54.6 Å². The molecule has 0 bridgehead atoms. The molecule has 1 N–H and O–H groups in total. The maximum atomic E-state index is 10.8. The van der Waals surface area contributed by atoms with E-state index < -0.39 is 16.9 Å². The second kappa shape index (κ2) is 6.34. The van der Waals surface area contributed by atoms with Crippen LogP contribution in [0, 0.1) is 0 Å². The lowest BCUT2D eigenvalue weighted by atomic mass is 10.2. The fraction of sp³-hybridized carbons (Fsp3) is 0.0625. The maximum absolute atomic E-state index is 10.8. The van der Waals surface area contributed by atoms with E-state index in [2.05, 4.69) is 4.36 Å². The minimum atomic E-state index is -0.946. The van der Waals surface area contributed by atoms with Gasteiger partial charge in [-0.25, -0.2) is 4.79 Å². The largest absolute Gasteiger partial charge is 0.478 e. The zero-order chi connectivity index (χ0) is 15.5. The summed E-state index contributed by atoms with van der Waals surface area (Å²) < 4.78 is 10.3. The number of nitrogens with zero attached hydrogens (tertiary/aromatic N) is 1. The van der Waals surface area contributed by atoms with Crippen LogP contribution in [0.15, 0.2) is 59.0 Å². The van der Waals surface area contributed by atoms with Gasteiger partial charge in [0, 0.05) is 10.6 Å². The smallest absolute Gasteiger partial charge is 0.335 e. The van der Waals surface area contributed by atoms with E-state index in [0.717, 1.165) is 11.3 Å². The Labute approximate surface area is 135 Å². The molecule has 2 aromatic carbocycles. The van der Waals surface area contributed by atoms with E-state index in [1.165, 1.54) is 12.1 Å². The Morgan fingerprint density at radius 2 is 1.82 bits per heavy atom. The Bertz CT molecular complexity index is 767. The van der Waals surface area contributed by atoms with Gasteiger partial charge >= 0.3 is 5.97 Å². The van der Waals surface area contributed by atoms with Crippen molar-refractivity contribution >= 4 is 40.0 Å². The third-order valence-electron chi connectivity index (χ3n) is 3.05. The number of carboxylic acids is 1. The van der Waals surface area contributed by atoms with Crippen molar-refractivity contribution in [2.24, 2.45) is 4.36 Å². The lowest BCUT2D eigenvalue weighted by Gasteiger charge is -2.05. The number of hydrogen-bond donors (Lipinski definition) is 1. The molecule has 4 nitrogen and oxygen atoms in total. The quantitative estimate of drug-likeness (QED) is 0.902. The van der Waals surface area contributed by atoms with Crippen LogP contribution in [0.25, 0.3) is 5.76 Å². The number of benzene rings is 2. The van der Waals surface area contributed by atoms with Gasteiger partial charge in [-0.3, -0.25) is 0 Å². The molecule has 6 heteroatoms. The average molecular weight is 334 g/mol. The molecule has 1 atom stereocenters. The summed E-state index contributed by atoms with van der Waals surface area (Å²) in [7, 11) is -0.580. The van der Waals surface area contributed by atoms with E-state index >= 15 is 0 Å². The Morgan fingerprint density at radius 3 is 2.45 bits per heavy atom.